The maximum atomic E-state index is 2.48. The molecule has 2 nitrogen and oxygen atoms in total. The summed E-state index contributed by atoms with van der Waals surface area (Å²) >= 11 is 1.93. The first-order valence-electron chi connectivity index (χ1n) is 8.41. The fourth-order valence-corrected chi connectivity index (χ4v) is 4.03. The van der Waals surface area contributed by atoms with E-state index < -0.39 is 0 Å². The number of hydrogen-bond acceptors (Lipinski definition) is 2. The van der Waals surface area contributed by atoms with Gasteiger partial charge in [-0.25, -0.2) is 0 Å². The van der Waals surface area contributed by atoms with Gasteiger partial charge in [0.05, 0.1) is 0 Å². The summed E-state index contributed by atoms with van der Waals surface area (Å²) in [7, 11) is 0. The number of rotatable bonds is 6. The molecule has 0 spiro atoms. The molecule has 0 bridgehead atoms. The normalized spacial score (nSPS) is 18.4. The highest BCUT2D eigenvalue weighted by Gasteiger charge is 2.13. The average molecular weight is 314 g/mol. The molecule has 0 aliphatic carbocycles. The molecule has 0 N–H and O–H groups in total. The minimum Gasteiger partial charge on any atom is -0.346 e. The second kappa shape index (κ2) is 7.38. The predicted molar refractivity (Wildman–Crippen MR) is 98.7 cm³/mol. The molecule has 0 radical (unpaired) electrons. The van der Waals surface area contributed by atoms with Crippen molar-refractivity contribution in [3.63, 3.8) is 0 Å². The molecule has 1 atom stereocenters. The number of aromatic nitrogens is 1. The molecule has 0 saturated heterocycles. The van der Waals surface area contributed by atoms with Crippen LogP contribution in [0.2, 0.25) is 0 Å². The second-order valence-corrected chi connectivity index (χ2v) is 6.96. The Morgan fingerprint density at radius 2 is 2.09 bits per heavy atom. The van der Waals surface area contributed by atoms with Gasteiger partial charge in [-0.15, -0.1) is 11.8 Å². The standard InChI is InChI=1S/C19H26N2S/c1-3-20(4-2)11-12-21-10-7-17-5-6-18(15-19(17)21)16-8-13-22-14-9-16/h5-8,10,13,15-16H,3-4,9,11-12,14H2,1-2H3. The van der Waals surface area contributed by atoms with Gasteiger partial charge in [0.25, 0.3) is 0 Å². The molecule has 1 aliphatic rings. The third kappa shape index (κ3) is 3.41. The lowest BCUT2D eigenvalue weighted by Gasteiger charge is -2.19. The first kappa shape index (κ1) is 15.7. The van der Waals surface area contributed by atoms with E-state index in [0.29, 0.717) is 5.92 Å². The zero-order valence-corrected chi connectivity index (χ0v) is 14.5. The molecule has 1 aromatic carbocycles. The molecule has 2 aromatic rings. The van der Waals surface area contributed by atoms with Gasteiger partial charge in [-0.3, -0.25) is 0 Å². The van der Waals surface area contributed by atoms with Crippen LogP contribution >= 0.6 is 11.8 Å². The Kier molecular flexibility index (Phi) is 5.27. The highest BCUT2D eigenvalue weighted by Crippen LogP contribution is 2.31. The average Bonchev–Trinajstić information content (AvgIpc) is 2.99. The Morgan fingerprint density at radius 1 is 1.23 bits per heavy atom. The SMILES string of the molecule is CCN(CC)CCn1ccc2ccc(C3C=CSCC3)cc21. The van der Waals surface area contributed by atoms with Crippen molar-refractivity contribution in [2.45, 2.75) is 32.7 Å². The smallest absolute Gasteiger partial charge is 0.0483 e. The second-order valence-electron chi connectivity index (χ2n) is 5.95. The van der Waals surface area contributed by atoms with Gasteiger partial charge in [-0.05, 0) is 53.8 Å². The molecule has 0 amide bonds. The van der Waals surface area contributed by atoms with Crippen LogP contribution in [-0.4, -0.2) is 34.9 Å². The van der Waals surface area contributed by atoms with Crippen molar-refractivity contribution < 1.29 is 0 Å². The summed E-state index contributed by atoms with van der Waals surface area (Å²) < 4.78 is 2.42. The van der Waals surface area contributed by atoms with Gasteiger partial charge in [0, 0.05) is 30.7 Å². The van der Waals surface area contributed by atoms with Crippen LogP contribution in [0.25, 0.3) is 10.9 Å². The maximum absolute atomic E-state index is 2.48. The molecule has 3 heteroatoms. The van der Waals surface area contributed by atoms with Gasteiger partial charge >= 0.3 is 0 Å². The molecule has 1 unspecified atom stereocenters. The van der Waals surface area contributed by atoms with Crippen molar-refractivity contribution in [2.24, 2.45) is 0 Å². The summed E-state index contributed by atoms with van der Waals surface area (Å²) in [5.74, 6) is 1.83. The molecule has 1 aliphatic heterocycles. The van der Waals surface area contributed by atoms with E-state index in [4.69, 9.17) is 0 Å². The third-order valence-electron chi connectivity index (χ3n) is 4.73. The lowest BCUT2D eigenvalue weighted by atomic mass is 9.95. The van der Waals surface area contributed by atoms with E-state index in [1.54, 1.807) is 0 Å². The zero-order valence-electron chi connectivity index (χ0n) is 13.7. The van der Waals surface area contributed by atoms with Gasteiger partial charge in [0.2, 0.25) is 0 Å². The highest BCUT2D eigenvalue weighted by atomic mass is 32.2. The molecular weight excluding hydrogens is 288 g/mol. The van der Waals surface area contributed by atoms with E-state index in [9.17, 15) is 0 Å². The molecule has 0 saturated carbocycles. The Hall–Kier alpha value is -1.19. The van der Waals surface area contributed by atoms with E-state index in [1.165, 1.54) is 28.6 Å². The van der Waals surface area contributed by atoms with E-state index in [1.807, 2.05) is 11.8 Å². The first-order chi connectivity index (χ1) is 10.8. The van der Waals surface area contributed by atoms with Crippen LogP contribution in [0, 0.1) is 0 Å². The highest BCUT2D eigenvalue weighted by molar-refractivity contribution is 8.02. The fourth-order valence-electron chi connectivity index (χ4n) is 3.20. The number of fused-ring (bicyclic) bond motifs is 1. The Bertz CT molecular complexity index is 640. The lowest BCUT2D eigenvalue weighted by Crippen LogP contribution is -2.26. The molecule has 3 rings (SSSR count). The molecule has 22 heavy (non-hydrogen) atoms. The van der Waals surface area contributed by atoms with Crippen LogP contribution in [0.5, 0.6) is 0 Å². The van der Waals surface area contributed by atoms with Gasteiger partial charge in [0.1, 0.15) is 0 Å². The van der Waals surface area contributed by atoms with E-state index in [2.05, 4.69) is 65.3 Å². The van der Waals surface area contributed by atoms with E-state index >= 15 is 0 Å². The van der Waals surface area contributed by atoms with Gasteiger partial charge < -0.3 is 9.47 Å². The number of likely N-dealkylation sites (N-methyl/N-ethyl adjacent to an activating group) is 1. The number of thioether (sulfide) groups is 1. The molecule has 118 valence electrons. The monoisotopic (exact) mass is 314 g/mol. The fraction of sp³-hybridized carbons (Fsp3) is 0.474. The summed E-state index contributed by atoms with van der Waals surface area (Å²) in [6, 6.07) is 9.24. The van der Waals surface area contributed by atoms with Gasteiger partial charge in [0.15, 0.2) is 0 Å². The van der Waals surface area contributed by atoms with Gasteiger partial charge in [-0.1, -0.05) is 32.1 Å². The van der Waals surface area contributed by atoms with Crippen molar-refractivity contribution in [1.29, 1.82) is 0 Å². The van der Waals surface area contributed by atoms with Crippen LogP contribution in [0.4, 0.5) is 0 Å². The zero-order chi connectivity index (χ0) is 15.4. The lowest BCUT2D eigenvalue weighted by molar-refractivity contribution is 0.292. The van der Waals surface area contributed by atoms with Crippen LogP contribution in [0.1, 0.15) is 31.7 Å². The number of benzene rings is 1. The van der Waals surface area contributed by atoms with Crippen molar-refractivity contribution in [1.82, 2.24) is 9.47 Å². The topological polar surface area (TPSA) is 8.17 Å². The molecule has 0 fully saturated rings. The maximum Gasteiger partial charge on any atom is 0.0483 e. The predicted octanol–water partition coefficient (Wildman–Crippen LogP) is 4.72. The number of hydrogen-bond donors (Lipinski definition) is 0. The van der Waals surface area contributed by atoms with Crippen LogP contribution in [-0.2, 0) is 6.54 Å². The molecule has 2 heterocycles. The van der Waals surface area contributed by atoms with Crippen molar-refractivity contribution >= 4 is 22.7 Å². The Morgan fingerprint density at radius 3 is 2.82 bits per heavy atom. The summed E-state index contributed by atoms with van der Waals surface area (Å²) in [6.07, 6.45) is 5.86. The first-order valence-corrected chi connectivity index (χ1v) is 9.46. The van der Waals surface area contributed by atoms with Crippen LogP contribution < -0.4 is 0 Å². The quantitative estimate of drug-likeness (QED) is 0.762. The Labute approximate surface area is 138 Å². The van der Waals surface area contributed by atoms with Crippen molar-refractivity contribution in [3.05, 3.63) is 47.5 Å². The van der Waals surface area contributed by atoms with Crippen LogP contribution in [0.3, 0.4) is 0 Å². The van der Waals surface area contributed by atoms with Gasteiger partial charge in [-0.2, -0.15) is 0 Å². The van der Waals surface area contributed by atoms with Crippen LogP contribution in [0.15, 0.2) is 41.9 Å². The molecular formula is C19H26N2S. The number of allylic oxidation sites excluding steroid dienone is 1. The summed E-state index contributed by atoms with van der Waals surface area (Å²) in [6.45, 7) is 8.94. The van der Waals surface area contributed by atoms with Crippen molar-refractivity contribution in [3.8, 4) is 0 Å². The minimum absolute atomic E-state index is 0.594. The summed E-state index contributed by atoms with van der Waals surface area (Å²) in [4.78, 5) is 2.48. The largest absolute Gasteiger partial charge is 0.346 e. The summed E-state index contributed by atoms with van der Waals surface area (Å²) in [5.41, 5.74) is 2.85. The Balaban J connectivity index is 1.82. The molecule has 1 aromatic heterocycles. The minimum atomic E-state index is 0.594. The van der Waals surface area contributed by atoms with E-state index in [-0.39, 0.29) is 0 Å². The van der Waals surface area contributed by atoms with Crippen molar-refractivity contribution in [2.75, 3.05) is 25.4 Å². The number of nitrogens with zero attached hydrogens (tertiary/aromatic N) is 2. The van der Waals surface area contributed by atoms with E-state index in [0.717, 1.165) is 26.2 Å². The third-order valence-corrected chi connectivity index (χ3v) is 5.55. The summed E-state index contributed by atoms with van der Waals surface area (Å²) in [5, 5.41) is 3.62.